The predicted octanol–water partition coefficient (Wildman–Crippen LogP) is 2.40. The number of thiazole rings is 1. The molecule has 0 aliphatic heterocycles. The maximum absolute atomic E-state index is 9.02. The van der Waals surface area contributed by atoms with Crippen LogP contribution < -0.4 is 0 Å². The number of rotatable bonds is 2. The Kier molecular flexibility index (Phi) is 2.67. The number of hydrogen-bond donors (Lipinski definition) is 0. The van der Waals surface area contributed by atoms with E-state index in [9.17, 15) is 0 Å². The van der Waals surface area contributed by atoms with Crippen LogP contribution in [0.3, 0.4) is 0 Å². The van der Waals surface area contributed by atoms with Crippen molar-refractivity contribution >= 4 is 11.3 Å². The van der Waals surface area contributed by atoms with E-state index in [2.05, 4.69) is 21.0 Å². The lowest BCUT2D eigenvalue weighted by atomic mass is 9.97. The molecule has 0 radical (unpaired) electrons. The molecule has 0 aliphatic carbocycles. The van der Waals surface area contributed by atoms with E-state index in [0.29, 0.717) is 0 Å². The molecular weight excluding hydrogens is 220 g/mol. The highest BCUT2D eigenvalue weighted by atomic mass is 32.1. The molecule has 0 fully saturated rings. The van der Waals surface area contributed by atoms with Crippen LogP contribution in [0.25, 0.3) is 11.4 Å². The first kappa shape index (κ1) is 10.7. The zero-order valence-electron chi connectivity index (χ0n) is 9.01. The van der Waals surface area contributed by atoms with E-state index in [-0.39, 0.29) is 0 Å². The Morgan fingerprint density at radius 2 is 2.12 bits per heavy atom. The van der Waals surface area contributed by atoms with Gasteiger partial charge in [-0.15, -0.1) is 11.3 Å². The van der Waals surface area contributed by atoms with Crippen molar-refractivity contribution in [3.63, 3.8) is 0 Å². The van der Waals surface area contributed by atoms with Crippen molar-refractivity contribution in [2.45, 2.75) is 19.3 Å². The molecule has 4 nitrogen and oxygen atoms in total. The molecule has 0 saturated heterocycles. The summed E-state index contributed by atoms with van der Waals surface area (Å²) in [6, 6.07) is 2.23. The molecule has 5 heteroatoms. The van der Waals surface area contributed by atoms with Crippen LogP contribution in [-0.2, 0) is 5.41 Å². The summed E-state index contributed by atoms with van der Waals surface area (Å²) in [4.78, 5) is 12.6. The zero-order chi connectivity index (χ0) is 11.6. The van der Waals surface area contributed by atoms with Crippen LogP contribution in [0.1, 0.15) is 18.9 Å². The van der Waals surface area contributed by atoms with Crippen LogP contribution in [-0.4, -0.2) is 15.0 Å². The van der Waals surface area contributed by atoms with E-state index in [1.807, 2.05) is 19.2 Å². The van der Waals surface area contributed by atoms with Gasteiger partial charge in [0.2, 0.25) is 0 Å². The SMILES string of the molecule is CC(C)(C#N)c1nc(-c2cnccn2)cs1. The minimum atomic E-state index is -0.550. The van der Waals surface area contributed by atoms with E-state index in [1.165, 1.54) is 11.3 Å². The van der Waals surface area contributed by atoms with Crippen LogP contribution in [0.15, 0.2) is 24.0 Å². The van der Waals surface area contributed by atoms with E-state index < -0.39 is 5.41 Å². The third kappa shape index (κ3) is 1.92. The summed E-state index contributed by atoms with van der Waals surface area (Å²) in [5.74, 6) is 0. The normalized spacial score (nSPS) is 11.1. The first-order chi connectivity index (χ1) is 7.63. The molecule has 2 heterocycles. The molecule has 80 valence electrons. The molecule has 0 saturated carbocycles. The van der Waals surface area contributed by atoms with Crippen LogP contribution >= 0.6 is 11.3 Å². The average Bonchev–Trinajstić information content (AvgIpc) is 2.80. The van der Waals surface area contributed by atoms with Crippen LogP contribution in [0.4, 0.5) is 0 Å². The fraction of sp³-hybridized carbons (Fsp3) is 0.273. The Balaban J connectivity index is 2.39. The Labute approximate surface area is 97.6 Å². The van der Waals surface area contributed by atoms with Crippen molar-refractivity contribution < 1.29 is 0 Å². The number of hydrogen-bond acceptors (Lipinski definition) is 5. The van der Waals surface area contributed by atoms with Gasteiger partial charge in [0.15, 0.2) is 0 Å². The molecule has 0 unspecified atom stereocenters. The van der Waals surface area contributed by atoms with Crippen LogP contribution in [0.5, 0.6) is 0 Å². The minimum absolute atomic E-state index is 0.550. The molecule has 2 aromatic heterocycles. The number of aromatic nitrogens is 3. The molecule has 0 bridgehead atoms. The summed E-state index contributed by atoms with van der Waals surface area (Å²) in [5.41, 5.74) is 0.959. The monoisotopic (exact) mass is 230 g/mol. The Morgan fingerprint density at radius 3 is 2.75 bits per heavy atom. The largest absolute Gasteiger partial charge is 0.261 e. The standard InChI is InChI=1S/C11H10N4S/c1-11(2,7-12)10-15-9(6-16-10)8-5-13-3-4-14-8/h3-6H,1-2H3. The van der Waals surface area contributed by atoms with Crippen molar-refractivity contribution in [1.29, 1.82) is 5.26 Å². The smallest absolute Gasteiger partial charge is 0.113 e. The van der Waals surface area contributed by atoms with Gasteiger partial charge in [0.05, 0.1) is 12.3 Å². The van der Waals surface area contributed by atoms with Gasteiger partial charge in [0.25, 0.3) is 0 Å². The summed E-state index contributed by atoms with van der Waals surface area (Å²) in [5, 5.41) is 11.7. The minimum Gasteiger partial charge on any atom is -0.261 e. The third-order valence-corrected chi connectivity index (χ3v) is 3.31. The van der Waals surface area contributed by atoms with Crippen molar-refractivity contribution in [3.05, 3.63) is 29.0 Å². The molecular formula is C11H10N4S. The Morgan fingerprint density at radius 1 is 1.31 bits per heavy atom. The lowest BCUT2D eigenvalue weighted by Crippen LogP contribution is -2.13. The van der Waals surface area contributed by atoms with Gasteiger partial charge < -0.3 is 0 Å². The highest BCUT2D eigenvalue weighted by molar-refractivity contribution is 7.10. The lowest BCUT2D eigenvalue weighted by Gasteiger charge is -2.09. The number of nitriles is 1. The topological polar surface area (TPSA) is 62.5 Å². The van der Waals surface area contributed by atoms with E-state index >= 15 is 0 Å². The molecule has 0 N–H and O–H groups in total. The van der Waals surface area contributed by atoms with Crippen molar-refractivity contribution in [3.8, 4) is 17.5 Å². The maximum atomic E-state index is 9.02. The summed E-state index contributed by atoms with van der Waals surface area (Å²) in [6.07, 6.45) is 4.91. The fourth-order valence-electron chi connectivity index (χ4n) is 1.16. The van der Waals surface area contributed by atoms with Gasteiger partial charge in [0.1, 0.15) is 21.8 Å². The molecule has 2 rings (SSSR count). The molecule has 16 heavy (non-hydrogen) atoms. The fourth-order valence-corrected chi connectivity index (χ4v) is 2.05. The van der Waals surface area contributed by atoms with Crippen molar-refractivity contribution in [2.24, 2.45) is 0 Å². The van der Waals surface area contributed by atoms with E-state index in [4.69, 9.17) is 5.26 Å². The molecule has 0 amide bonds. The van der Waals surface area contributed by atoms with Gasteiger partial charge in [-0.3, -0.25) is 9.97 Å². The predicted molar refractivity (Wildman–Crippen MR) is 61.8 cm³/mol. The van der Waals surface area contributed by atoms with Gasteiger partial charge in [-0.1, -0.05) is 0 Å². The van der Waals surface area contributed by atoms with Gasteiger partial charge in [0, 0.05) is 17.8 Å². The summed E-state index contributed by atoms with van der Waals surface area (Å²) in [7, 11) is 0. The second-order valence-electron chi connectivity index (χ2n) is 3.87. The summed E-state index contributed by atoms with van der Waals surface area (Å²) < 4.78 is 0. The molecule has 2 aromatic rings. The highest BCUT2D eigenvalue weighted by Gasteiger charge is 2.24. The van der Waals surface area contributed by atoms with Gasteiger partial charge in [-0.2, -0.15) is 5.26 Å². The second-order valence-corrected chi connectivity index (χ2v) is 4.72. The highest BCUT2D eigenvalue weighted by Crippen LogP contribution is 2.28. The van der Waals surface area contributed by atoms with Crippen molar-refractivity contribution in [1.82, 2.24) is 15.0 Å². The average molecular weight is 230 g/mol. The maximum Gasteiger partial charge on any atom is 0.113 e. The summed E-state index contributed by atoms with van der Waals surface area (Å²) >= 11 is 1.47. The molecule has 0 aromatic carbocycles. The number of nitrogens with zero attached hydrogens (tertiary/aromatic N) is 4. The van der Waals surface area contributed by atoms with E-state index in [1.54, 1.807) is 18.6 Å². The van der Waals surface area contributed by atoms with Gasteiger partial charge >= 0.3 is 0 Å². The lowest BCUT2D eigenvalue weighted by molar-refractivity contribution is 0.680. The third-order valence-electron chi connectivity index (χ3n) is 2.14. The van der Waals surface area contributed by atoms with Crippen molar-refractivity contribution in [2.75, 3.05) is 0 Å². The van der Waals surface area contributed by atoms with Crippen LogP contribution in [0.2, 0.25) is 0 Å². The van der Waals surface area contributed by atoms with E-state index in [0.717, 1.165) is 16.4 Å². The second kappa shape index (κ2) is 3.99. The first-order valence-electron chi connectivity index (χ1n) is 4.77. The summed E-state index contributed by atoms with van der Waals surface area (Å²) in [6.45, 7) is 3.71. The molecule has 0 atom stereocenters. The quantitative estimate of drug-likeness (QED) is 0.794. The molecule has 0 aliphatic rings. The van der Waals surface area contributed by atoms with Gasteiger partial charge in [-0.05, 0) is 13.8 Å². The molecule has 0 spiro atoms. The van der Waals surface area contributed by atoms with Crippen LogP contribution in [0, 0.1) is 11.3 Å². The first-order valence-corrected chi connectivity index (χ1v) is 5.65. The Hall–Kier alpha value is -1.80. The zero-order valence-corrected chi connectivity index (χ0v) is 9.82. The Bertz CT molecular complexity index is 524. The van der Waals surface area contributed by atoms with Gasteiger partial charge in [-0.25, -0.2) is 4.98 Å².